The highest BCUT2D eigenvalue weighted by atomic mass is 16.5. The maximum Gasteiger partial charge on any atom is 0.327 e. The second-order valence-corrected chi connectivity index (χ2v) is 5.61. The third-order valence-corrected chi connectivity index (χ3v) is 3.42. The molecular weight excluding hydrogens is 242 g/mol. The van der Waals surface area contributed by atoms with E-state index in [1.165, 1.54) is 5.56 Å². The molecule has 4 nitrogen and oxygen atoms in total. The predicted octanol–water partition coefficient (Wildman–Crippen LogP) is 2.28. The maximum atomic E-state index is 11.4. The molecule has 4 heteroatoms. The van der Waals surface area contributed by atoms with Gasteiger partial charge in [0.05, 0.1) is 0 Å². The number of aliphatic carboxylic acids is 1. The molecule has 2 N–H and O–H groups in total. The zero-order valence-electron chi connectivity index (χ0n) is 11.7. The average molecular weight is 263 g/mol. The van der Waals surface area contributed by atoms with E-state index in [0.717, 1.165) is 24.2 Å². The highest BCUT2D eigenvalue weighted by Crippen LogP contribution is 2.24. The number of ether oxygens (including phenoxy) is 1. The third-order valence-electron chi connectivity index (χ3n) is 3.42. The smallest absolute Gasteiger partial charge is 0.327 e. The first-order valence-corrected chi connectivity index (χ1v) is 6.62. The second-order valence-electron chi connectivity index (χ2n) is 5.61. The fourth-order valence-corrected chi connectivity index (χ4v) is 2.03. The monoisotopic (exact) mass is 263 g/mol. The molecule has 0 aliphatic heterocycles. The molecule has 104 valence electrons. The normalized spacial score (nSPS) is 17.8. The van der Waals surface area contributed by atoms with Crippen molar-refractivity contribution in [3.05, 3.63) is 29.3 Å². The van der Waals surface area contributed by atoms with Crippen molar-refractivity contribution in [1.82, 2.24) is 5.32 Å². The fourth-order valence-electron chi connectivity index (χ4n) is 2.03. The van der Waals surface area contributed by atoms with Crippen molar-refractivity contribution >= 4 is 5.97 Å². The van der Waals surface area contributed by atoms with E-state index in [1.807, 2.05) is 32.0 Å². The molecule has 1 unspecified atom stereocenters. The van der Waals surface area contributed by atoms with Gasteiger partial charge in [-0.2, -0.15) is 0 Å². The number of nitrogens with one attached hydrogen (secondary N) is 1. The van der Waals surface area contributed by atoms with Crippen LogP contribution in [-0.4, -0.2) is 29.3 Å². The van der Waals surface area contributed by atoms with Crippen LogP contribution in [0, 0.1) is 13.8 Å². The molecule has 1 saturated carbocycles. The van der Waals surface area contributed by atoms with Gasteiger partial charge in [0.25, 0.3) is 0 Å². The number of benzene rings is 1. The van der Waals surface area contributed by atoms with Gasteiger partial charge in [0.2, 0.25) is 0 Å². The lowest BCUT2D eigenvalue weighted by atomic mass is 10.0. The summed E-state index contributed by atoms with van der Waals surface area (Å²) < 4.78 is 5.70. The largest absolute Gasteiger partial charge is 0.491 e. The molecule has 2 rings (SSSR count). The number of carboxylic acid groups (broad SMARTS) is 1. The topological polar surface area (TPSA) is 58.6 Å². The third kappa shape index (κ3) is 3.47. The molecule has 19 heavy (non-hydrogen) atoms. The Kier molecular flexibility index (Phi) is 3.80. The van der Waals surface area contributed by atoms with Crippen LogP contribution in [0.3, 0.4) is 0 Å². The van der Waals surface area contributed by atoms with Crippen LogP contribution >= 0.6 is 0 Å². The van der Waals surface area contributed by atoms with Crippen molar-refractivity contribution in [2.24, 2.45) is 0 Å². The van der Waals surface area contributed by atoms with E-state index in [-0.39, 0.29) is 6.61 Å². The van der Waals surface area contributed by atoms with Crippen molar-refractivity contribution in [3.8, 4) is 5.75 Å². The summed E-state index contributed by atoms with van der Waals surface area (Å²) >= 11 is 0. The minimum absolute atomic E-state index is 0.128. The number of carboxylic acids is 1. The number of hydrogen-bond donors (Lipinski definition) is 2. The lowest BCUT2D eigenvalue weighted by molar-refractivity contribution is -0.145. The maximum absolute atomic E-state index is 11.4. The van der Waals surface area contributed by atoms with Crippen LogP contribution in [0.15, 0.2) is 18.2 Å². The summed E-state index contributed by atoms with van der Waals surface area (Å²) in [7, 11) is 0. The Bertz CT molecular complexity index is 482. The van der Waals surface area contributed by atoms with Gasteiger partial charge in [-0.1, -0.05) is 17.7 Å². The number of hydrogen-bond acceptors (Lipinski definition) is 3. The number of aryl methyl sites for hydroxylation is 2. The predicted molar refractivity (Wildman–Crippen MR) is 73.6 cm³/mol. The minimum Gasteiger partial charge on any atom is -0.491 e. The summed E-state index contributed by atoms with van der Waals surface area (Å²) in [5.74, 6) is -0.125. The summed E-state index contributed by atoms with van der Waals surface area (Å²) in [6.07, 6.45) is 2.10. The van der Waals surface area contributed by atoms with Crippen molar-refractivity contribution in [2.75, 3.05) is 6.61 Å². The summed E-state index contributed by atoms with van der Waals surface area (Å²) in [5.41, 5.74) is 1.17. The Morgan fingerprint density at radius 3 is 2.68 bits per heavy atom. The van der Waals surface area contributed by atoms with Gasteiger partial charge in [0.1, 0.15) is 17.9 Å². The Morgan fingerprint density at radius 1 is 1.47 bits per heavy atom. The van der Waals surface area contributed by atoms with Crippen molar-refractivity contribution in [2.45, 2.75) is 45.2 Å². The van der Waals surface area contributed by atoms with Gasteiger partial charge in [0.15, 0.2) is 0 Å². The van der Waals surface area contributed by atoms with Crippen LogP contribution in [-0.2, 0) is 4.79 Å². The Hall–Kier alpha value is -1.55. The van der Waals surface area contributed by atoms with Crippen molar-refractivity contribution in [3.63, 3.8) is 0 Å². The van der Waals surface area contributed by atoms with E-state index in [1.54, 1.807) is 6.92 Å². The summed E-state index contributed by atoms with van der Waals surface area (Å²) in [6, 6.07) is 6.21. The lowest BCUT2D eigenvalue weighted by Gasteiger charge is -2.26. The van der Waals surface area contributed by atoms with Crippen molar-refractivity contribution < 1.29 is 14.6 Å². The van der Waals surface area contributed by atoms with E-state index >= 15 is 0 Å². The molecule has 1 aliphatic rings. The number of rotatable bonds is 6. The average Bonchev–Trinajstić information content (AvgIpc) is 3.11. The van der Waals surface area contributed by atoms with E-state index < -0.39 is 11.5 Å². The molecule has 0 spiro atoms. The van der Waals surface area contributed by atoms with Gasteiger partial charge in [-0.3, -0.25) is 10.1 Å². The summed E-state index contributed by atoms with van der Waals surface area (Å²) in [4.78, 5) is 11.4. The van der Waals surface area contributed by atoms with Crippen LogP contribution in [0.25, 0.3) is 0 Å². The molecule has 1 atom stereocenters. The second kappa shape index (κ2) is 5.21. The first-order valence-electron chi connectivity index (χ1n) is 6.62. The van der Waals surface area contributed by atoms with Gasteiger partial charge in [-0.05, 0) is 45.2 Å². The van der Waals surface area contributed by atoms with E-state index in [4.69, 9.17) is 4.74 Å². The van der Waals surface area contributed by atoms with Crippen LogP contribution in [0.4, 0.5) is 0 Å². The van der Waals surface area contributed by atoms with Crippen LogP contribution < -0.4 is 10.1 Å². The van der Waals surface area contributed by atoms with E-state index in [2.05, 4.69) is 5.32 Å². The Morgan fingerprint density at radius 2 is 2.16 bits per heavy atom. The van der Waals surface area contributed by atoms with Gasteiger partial charge in [-0.15, -0.1) is 0 Å². The molecule has 1 fully saturated rings. The first kappa shape index (κ1) is 13.9. The molecule has 0 aromatic heterocycles. The summed E-state index contributed by atoms with van der Waals surface area (Å²) in [6.45, 7) is 5.79. The van der Waals surface area contributed by atoms with Crippen molar-refractivity contribution in [1.29, 1.82) is 0 Å². The minimum atomic E-state index is -1.03. The van der Waals surface area contributed by atoms with Gasteiger partial charge < -0.3 is 9.84 Å². The molecule has 0 bridgehead atoms. The molecule has 0 heterocycles. The molecule has 0 amide bonds. The fraction of sp³-hybridized carbons (Fsp3) is 0.533. The first-order chi connectivity index (χ1) is 8.90. The van der Waals surface area contributed by atoms with Crippen LogP contribution in [0.2, 0.25) is 0 Å². The molecule has 0 radical (unpaired) electrons. The quantitative estimate of drug-likeness (QED) is 0.826. The molecule has 0 saturated heterocycles. The highest BCUT2D eigenvalue weighted by molar-refractivity contribution is 5.78. The zero-order valence-corrected chi connectivity index (χ0v) is 11.7. The van der Waals surface area contributed by atoms with Crippen LogP contribution in [0.5, 0.6) is 5.75 Å². The molecule has 1 aromatic carbocycles. The zero-order chi connectivity index (χ0) is 14.0. The Labute approximate surface area is 113 Å². The van der Waals surface area contributed by atoms with Gasteiger partial charge >= 0.3 is 5.97 Å². The molecule has 1 aromatic rings. The van der Waals surface area contributed by atoms with Crippen LogP contribution in [0.1, 0.15) is 30.9 Å². The standard InChI is InChI=1S/C15H21NO3/c1-10-4-7-13(11(2)8-10)19-9-15(3,14(17)18)16-12-5-6-12/h4,7-8,12,16H,5-6,9H2,1-3H3,(H,17,18). The van der Waals surface area contributed by atoms with Gasteiger partial charge in [0, 0.05) is 6.04 Å². The Balaban J connectivity index is 2.03. The summed E-state index contributed by atoms with van der Waals surface area (Å²) in [5, 5.41) is 12.5. The van der Waals surface area contributed by atoms with E-state index in [9.17, 15) is 9.90 Å². The van der Waals surface area contributed by atoms with E-state index in [0.29, 0.717) is 6.04 Å². The molecule has 1 aliphatic carbocycles. The SMILES string of the molecule is Cc1ccc(OCC(C)(NC2CC2)C(=O)O)c(C)c1. The van der Waals surface area contributed by atoms with Gasteiger partial charge in [-0.25, -0.2) is 0 Å². The molecular formula is C15H21NO3. The lowest BCUT2D eigenvalue weighted by Crippen LogP contribution is -2.54. The highest BCUT2D eigenvalue weighted by Gasteiger charge is 2.39. The number of carbonyl (C=O) groups is 1.